The highest BCUT2D eigenvalue weighted by atomic mass is 16.5. The summed E-state index contributed by atoms with van der Waals surface area (Å²) in [7, 11) is 1.21. The number of methoxy groups -OCH3 is 1. The molecule has 6 heteroatoms. The molecule has 0 aliphatic carbocycles. The van der Waals surface area contributed by atoms with E-state index in [1.165, 1.54) is 7.11 Å². The van der Waals surface area contributed by atoms with Crippen LogP contribution in [0.1, 0.15) is 16.2 Å². The molecule has 11 heavy (non-hydrogen) atoms. The summed E-state index contributed by atoms with van der Waals surface area (Å²) >= 11 is 0. The van der Waals surface area contributed by atoms with E-state index in [1.807, 2.05) is 0 Å². The van der Waals surface area contributed by atoms with Crippen LogP contribution in [0.5, 0.6) is 0 Å². The summed E-state index contributed by atoms with van der Waals surface area (Å²) in [5.74, 6) is -0.671. The summed E-state index contributed by atoms with van der Waals surface area (Å²) in [6.45, 7) is 0. The van der Waals surface area contributed by atoms with Gasteiger partial charge in [-0.05, 0) is 0 Å². The van der Waals surface area contributed by atoms with Gasteiger partial charge in [-0.15, -0.1) is 10.2 Å². The number of ether oxygens (including phenoxy) is 1. The average Bonchev–Trinajstić information content (AvgIpc) is 2.50. The van der Waals surface area contributed by atoms with Crippen molar-refractivity contribution in [1.82, 2.24) is 15.4 Å². The van der Waals surface area contributed by atoms with E-state index >= 15 is 0 Å². The van der Waals surface area contributed by atoms with Crippen LogP contribution >= 0.6 is 0 Å². The summed E-state index contributed by atoms with van der Waals surface area (Å²) in [5, 5.41) is 17.3. The number of esters is 1. The Morgan fingerprint density at radius 2 is 2.45 bits per heavy atom. The number of H-pyrrole nitrogens is 1. The predicted molar refractivity (Wildman–Crippen MR) is 32.4 cm³/mol. The van der Waals surface area contributed by atoms with Crippen LogP contribution in [0.15, 0.2) is 0 Å². The van der Waals surface area contributed by atoms with Crippen molar-refractivity contribution < 1.29 is 9.53 Å². The second-order valence-electron chi connectivity index (χ2n) is 1.62. The molecule has 0 atom stereocenters. The first-order chi connectivity index (χ1) is 5.29. The van der Waals surface area contributed by atoms with Crippen LogP contribution in [0.4, 0.5) is 0 Å². The van der Waals surface area contributed by atoms with Gasteiger partial charge in [-0.2, -0.15) is 10.5 Å². The zero-order valence-corrected chi connectivity index (χ0v) is 5.66. The number of nitrogens with one attached hydrogen (secondary N) is 1. The van der Waals surface area contributed by atoms with Gasteiger partial charge in [-0.3, -0.25) is 0 Å². The summed E-state index contributed by atoms with van der Waals surface area (Å²) in [6.07, 6.45) is 0. The summed E-state index contributed by atoms with van der Waals surface area (Å²) < 4.78 is 4.32. The lowest BCUT2D eigenvalue weighted by molar-refractivity contribution is 0.0593. The molecule has 0 saturated carbocycles. The Morgan fingerprint density at radius 1 is 1.73 bits per heavy atom. The van der Waals surface area contributed by atoms with E-state index in [9.17, 15) is 4.79 Å². The monoisotopic (exact) mass is 152 g/mol. The van der Waals surface area contributed by atoms with Crippen LogP contribution in [0.2, 0.25) is 0 Å². The number of hydrogen-bond donors (Lipinski definition) is 1. The highest BCUT2D eigenvalue weighted by molar-refractivity contribution is 5.89. The zero-order valence-electron chi connectivity index (χ0n) is 5.66. The van der Waals surface area contributed by atoms with Gasteiger partial charge in [-0.1, -0.05) is 0 Å². The average molecular weight is 152 g/mol. The molecule has 0 unspecified atom stereocenters. The van der Waals surface area contributed by atoms with Crippen LogP contribution in [-0.2, 0) is 4.74 Å². The van der Waals surface area contributed by atoms with Crippen LogP contribution in [0.25, 0.3) is 0 Å². The molecule has 0 saturated heterocycles. The number of aromatic amines is 1. The molecular weight excluding hydrogens is 148 g/mol. The topological polar surface area (TPSA) is 91.7 Å². The summed E-state index contributed by atoms with van der Waals surface area (Å²) in [5.41, 5.74) is -0.146. The Labute approximate surface area is 61.8 Å². The maximum absolute atomic E-state index is 10.8. The molecule has 0 aliphatic rings. The van der Waals surface area contributed by atoms with Gasteiger partial charge in [0.15, 0.2) is 5.69 Å². The maximum atomic E-state index is 10.8. The lowest BCUT2D eigenvalue weighted by Crippen LogP contribution is -2.03. The van der Waals surface area contributed by atoms with Gasteiger partial charge in [0.1, 0.15) is 6.07 Å². The Bertz CT molecular complexity index is 311. The van der Waals surface area contributed by atoms with Crippen molar-refractivity contribution in [2.24, 2.45) is 0 Å². The standard InChI is InChI=1S/C5H4N4O2/c1-11-5(10)4-3(2-6)7-9-8-4/h1H3,(H,7,8,9). The summed E-state index contributed by atoms with van der Waals surface area (Å²) in [6, 6.07) is 1.69. The van der Waals surface area contributed by atoms with E-state index in [0.29, 0.717) is 0 Å². The van der Waals surface area contributed by atoms with Crippen molar-refractivity contribution >= 4 is 5.97 Å². The lowest BCUT2D eigenvalue weighted by atomic mass is 10.3. The predicted octanol–water partition coefficient (Wildman–Crippen LogP) is -0.537. The van der Waals surface area contributed by atoms with Gasteiger partial charge >= 0.3 is 5.97 Å². The van der Waals surface area contributed by atoms with E-state index < -0.39 is 5.97 Å². The minimum absolute atomic E-state index is 0.0585. The van der Waals surface area contributed by atoms with E-state index in [4.69, 9.17) is 5.26 Å². The van der Waals surface area contributed by atoms with Gasteiger partial charge in [0.05, 0.1) is 7.11 Å². The van der Waals surface area contributed by atoms with E-state index in [-0.39, 0.29) is 11.4 Å². The first kappa shape index (κ1) is 7.21. The molecule has 1 aromatic rings. The number of nitrogens with zero attached hydrogens (tertiary/aromatic N) is 3. The van der Waals surface area contributed by atoms with Gasteiger partial charge in [0.25, 0.3) is 0 Å². The molecule has 0 bridgehead atoms. The molecule has 0 spiro atoms. The first-order valence-electron chi connectivity index (χ1n) is 2.68. The Kier molecular flexibility index (Phi) is 1.83. The molecule has 0 amide bonds. The SMILES string of the molecule is COC(=O)c1n[nH]nc1C#N. The smallest absolute Gasteiger partial charge is 0.361 e. The number of carbonyl (C=O) groups is 1. The molecular formula is C5H4N4O2. The summed E-state index contributed by atoms with van der Waals surface area (Å²) in [4.78, 5) is 10.8. The zero-order chi connectivity index (χ0) is 8.27. The van der Waals surface area contributed by atoms with Crippen molar-refractivity contribution in [2.45, 2.75) is 0 Å². The number of rotatable bonds is 1. The Morgan fingerprint density at radius 3 is 3.00 bits per heavy atom. The fourth-order valence-corrected chi connectivity index (χ4v) is 0.548. The molecule has 0 fully saturated rings. The number of carbonyl (C=O) groups excluding carboxylic acids is 1. The van der Waals surface area contributed by atoms with Gasteiger partial charge in [0, 0.05) is 0 Å². The van der Waals surface area contributed by atoms with Crippen LogP contribution in [-0.4, -0.2) is 28.5 Å². The molecule has 1 heterocycles. The normalized spacial score (nSPS) is 8.73. The third-order valence-electron chi connectivity index (χ3n) is 1.03. The third kappa shape index (κ3) is 1.16. The quantitative estimate of drug-likeness (QED) is 0.545. The second kappa shape index (κ2) is 2.79. The van der Waals surface area contributed by atoms with Crippen molar-refractivity contribution in [3.05, 3.63) is 11.4 Å². The van der Waals surface area contributed by atoms with Gasteiger partial charge < -0.3 is 4.74 Å². The van der Waals surface area contributed by atoms with Crippen LogP contribution < -0.4 is 0 Å². The molecule has 56 valence electrons. The Balaban J connectivity index is 3.05. The number of nitriles is 1. The molecule has 6 nitrogen and oxygen atoms in total. The highest BCUT2D eigenvalue weighted by Crippen LogP contribution is 1.99. The minimum Gasteiger partial charge on any atom is -0.464 e. The molecule has 0 radical (unpaired) electrons. The molecule has 0 aromatic carbocycles. The van der Waals surface area contributed by atoms with Crippen LogP contribution in [0, 0.1) is 11.3 Å². The molecule has 1 rings (SSSR count). The van der Waals surface area contributed by atoms with Crippen molar-refractivity contribution in [1.29, 1.82) is 5.26 Å². The molecule has 0 aliphatic heterocycles. The lowest BCUT2D eigenvalue weighted by Gasteiger charge is -1.90. The molecule has 1 N–H and O–H groups in total. The third-order valence-corrected chi connectivity index (χ3v) is 1.03. The Hall–Kier alpha value is -1.90. The fraction of sp³-hybridized carbons (Fsp3) is 0.200. The van der Waals surface area contributed by atoms with E-state index in [0.717, 1.165) is 0 Å². The van der Waals surface area contributed by atoms with Gasteiger partial charge in [-0.25, -0.2) is 4.79 Å². The van der Waals surface area contributed by atoms with Crippen molar-refractivity contribution in [3.63, 3.8) is 0 Å². The van der Waals surface area contributed by atoms with E-state index in [1.54, 1.807) is 6.07 Å². The first-order valence-corrected chi connectivity index (χ1v) is 2.68. The van der Waals surface area contributed by atoms with Gasteiger partial charge in [0.2, 0.25) is 5.69 Å². The second-order valence-corrected chi connectivity index (χ2v) is 1.62. The molecule has 1 aromatic heterocycles. The number of hydrogen-bond acceptors (Lipinski definition) is 5. The highest BCUT2D eigenvalue weighted by Gasteiger charge is 2.15. The van der Waals surface area contributed by atoms with E-state index in [2.05, 4.69) is 20.1 Å². The maximum Gasteiger partial charge on any atom is 0.361 e. The minimum atomic E-state index is -0.671. The van der Waals surface area contributed by atoms with Crippen LogP contribution in [0.3, 0.4) is 0 Å². The van der Waals surface area contributed by atoms with Crippen molar-refractivity contribution in [3.8, 4) is 6.07 Å². The largest absolute Gasteiger partial charge is 0.464 e. The fourth-order valence-electron chi connectivity index (χ4n) is 0.548. The number of aromatic nitrogens is 3. The van der Waals surface area contributed by atoms with Crippen molar-refractivity contribution in [2.75, 3.05) is 7.11 Å².